The fourth-order valence-electron chi connectivity index (χ4n) is 3.99. The number of hydrogen-bond donors (Lipinski definition) is 1. The minimum absolute atomic E-state index is 0.319. The Labute approximate surface area is 197 Å². The molecule has 0 radical (unpaired) electrons. The van der Waals surface area contributed by atoms with Gasteiger partial charge in [-0.25, -0.2) is 4.98 Å². The Balaban J connectivity index is 1.23. The van der Waals surface area contributed by atoms with E-state index in [1.54, 1.807) is 12.1 Å². The monoisotopic (exact) mass is 463 g/mol. The molecule has 6 nitrogen and oxygen atoms in total. The standard InChI is InChI=1S/C26H26ClN3O3/c27-19-5-7-21(8-6-19)32-23-9-10-24-25(16-23)33-26(29-24)18-3-1-4-22(15-18)31-14-2-12-30-13-11-20(28)17-30/h1,3-10,15-16,20H,2,11-14,17,28H2/t20-/m0/s1. The maximum absolute atomic E-state index is 6.02. The van der Waals surface area contributed by atoms with Crippen molar-refractivity contribution < 1.29 is 13.9 Å². The zero-order valence-corrected chi connectivity index (χ0v) is 19.0. The summed E-state index contributed by atoms with van der Waals surface area (Å²) < 4.78 is 17.9. The summed E-state index contributed by atoms with van der Waals surface area (Å²) in [5.41, 5.74) is 8.26. The molecule has 1 aromatic heterocycles. The molecule has 170 valence electrons. The first-order valence-electron chi connectivity index (χ1n) is 11.2. The highest BCUT2D eigenvalue weighted by molar-refractivity contribution is 6.30. The summed E-state index contributed by atoms with van der Waals surface area (Å²) >= 11 is 5.94. The van der Waals surface area contributed by atoms with Gasteiger partial charge in [0, 0.05) is 35.8 Å². The molecule has 0 bridgehead atoms. The Morgan fingerprint density at radius 1 is 1.03 bits per heavy atom. The van der Waals surface area contributed by atoms with Crippen molar-refractivity contribution in [2.24, 2.45) is 5.73 Å². The molecular weight excluding hydrogens is 438 g/mol. The summed E-state index contributed by atoms with van der Waals surface area (Å²) in [5.74, 6) is 2.73. The van der Waals surface area contributed by atoms with Gasteiger partial charge < -0.3 is 24.5 Å². The van der Waals surface area contributed by atoms with Gasteiger partial charge in [0.2, 0.25) is 5.89 Å². The van der Waals surface area contributed by atoms with Crippen molar-refractivity contribution in [1.29, 1.82) is 0 Å². The zero-order valence-electron chi connectivity index (χ0n) is 18.2. The lowest BCUT2D eigenvalue weighted by Gasteiger charge is -2.15. The van der Waals surface area contributed by atoms with Gasteiger partial charge in [0.15, 0.2) is 5.58 Å². The van der Waals surface area contributed by atoms with Crippen molar-refractivity contribution in [3.05, 3.63) is 71.8 Å². The topological polar surface area (TPSA) is 73.8 Å². The smallest absolute Gasteiger partial charge is 0.227 e. The minimum Gasteiger partial charge on any atom is -0.494 e. The molecule has 2 heterocycles. The number of ether oxygens (including phenoxy) is 2. The van der Waals surface area contributed by atoms with Gasteiger partial charge in [-0.2, -0.15) is 0 Å². The number of halogens is 1. The van der Waals surface area contributed by atoms with Crippen molar-refractivity contribution >= 4 is 22.7 Å². The van der Waals surface area contributed by atoms with Crippen LogP contribution in [0.5, 0.6) is 17.2 Å². The van der Waals surface area contributed by atoms with Gasteiger partial charge in [-0.05, 0) is 74.0 Å². The first-order valence-corrected chi connectivity index (χ1v) is 11.6. The Morgan fingerprint density at radius 2 is 1.88 bits per heavy atom. The third kappa shape index (κ3) is 5.47. The van der Waals surface area contributed by atoms with E-state index >= 15 is 0 Å². The summed E-state index contributed by atoms with van der Waals surface area (Å²) in [6.45, 7) is 3.74. The second kappa shape index (κ2) is 9.83. The average Bonchev–Trinajstić information content (AvgIpc) is 3.44. The van der Waals surface area contributed by atoms with Gasteiger partial charge in [0.25, 0.3) is 0 Å². The summed E-state index contributed by atoms with van der Waals surface area (Å²) in [6.07, 6.45) is 2.05. The molecule has 33 heavy (non-hydrogen) atoms. The van der Waals surface area contributed by atoms with Crippen LogP contribution in [0.1, 0.15) is 12.8 Å². The van der Waals surface area contributed by atoms with Crippen LogP contribution in [0, 0.1) is 0 Å². The van der Waals surface area contributed by atoms with Crippen LogP contribution in [-0.4, -0.2) is 42.2 Å². The summed E-state index contributed by atoms with van der Waals surface area (Å²) in [6, 6.07) is 21.0. The zero-order chi connectivity index (χ0) is 22.6. The Hall–Kier alpha value is -3.06. The SMILES string of the molecule is N[C@H]1CCN(CCCOc2cccc(-c3nc4ccc(Oc5ccc(Cl)cc5)cc4o3)c2)C1. The predicted molar refractivity (Wildman–Crippen MR) is 130 cm³/mol. The third-order valence-corrected chi connectivity index (χ3v) is 5.94. The highest BCUT2D eigenvalue weighted by Gasteiger charge is 2.18. The second-order valence-corrected chi connectivity index (χ2v) is 8.72. The van der Waals surface area contributed by atoms with E-state index in [2.05, 4.69) is 9.88 Å². The van der Waals surface area contributed by atoms with Crippen LogP contribution in [0.15, 0.2) is 71.1 Å². The minimum atomic E-state index is 0.319. The summed E-state index contributed by atoms with van der Waals surface area (Å²) in [5, 5.41) is 0.667. The molecule has 0 amide bonds. The molecule has 0 aliphatic carbocycles. The molecular formula is C26H26ClN3O3. The van der Waals surface area contributed by atoms with Gasteiger partial charge >= 0.3 is 0 Å². The molecule has 1 aliphatic rings. The van der Waals surface area contributed by atoms with E-state index in [0.717, 1.165) is 49.3 Å². The number of hydrogen-bond acceptors (Lipinski definition) is 6. The molecule has 1 atom stereocenters. The molecule has 3 aromatic carbocycles. The molecule has 1 saturated heterocycles. The highest BCUT2D eigenvalue weighted by Crippen LogP contribution is 2.31. The molecule has 0 spiro atoms. The van der Waals surface area contributed by atoms with Crippen molar-refractivity contribution in [2.45, 2.75) is 18.9 Å². The first kappa shape index (κ1) is 21.8. The van der Waals surface area contributed by atoms with Gasteiger partial charge in [0.1, 0.15) is 22.8 Å². The van der Waals surface area contributed by atoms with Crippen molar-refractivity contribution in [3.63, 3.8) is 0 Å². The molecule has 0 saturated carbocycles. The lowest BCUT2D eigenvalue weighted by atomic mass is 10.2. The maximum atomic E-state index is 6.02. The van der Waals surface area contributed by atoms with Crippen LogP contribution in [0.3, 0.4) is 0 Å². The summed E-state index contributed by atoms with van der Waals surface area (Å²) in [7, 11) is 0. The van der Waals surface area contributed by atoms with E-state index in [1.165, 1.54) is 0 Å². The van der Waals surface area contributed by atoms with Crippen molar-refractivity contribution in [1.82, 2.24) is 9.88 Å². The summed E-state index contributed by atoms with van der Waals surface area (Å²) in [4.78, 5) is 7.02. The first-order chi connectivity index (χ1) is 16.1. The molecule has 1 aliphatic heterocycles. The predicted octanol–water partition coefficient (Wildman–Crippen LogP) is 5.74. The van der Waals surface area contributed by atoms with E-state index in [0.29, 0.717) is 40.6 Å². The highest BCUT2D eigenvalue weighted by atomic mass is 35.5. The second-order valence-electron chi connectivity index (χ2n) is 8.28. The fourth-order valence-corrected chi connectivity index (χ4v) is 4.12. The quantitative estimate of drug-likeness (QED) is 0.336. The Morgan fingerprint density at radius 3 is 2.70 bits per heavy atom. The number of benzene rings is 3. The van der Waals surface area contributed by atoms with Gasteiger partial charge in [-0.1, -0.05) is 17.7 Å². The third-order valence-electron chi connectivity index (χ3n) is 5.69. The van der Waals surface area contributed by atoms with E-state index in [4.69, 9.17) is 31.2 Å². The molecule has 5 rings (SSSR count). The lowest BCUT2D eigenvalue weighted by molar-refractivity contribution is 0.262. The largest absolute Gasteiger partial charge is 0.494 e. The number of nitrogens with zero attached hydrogens (tertiary/aromatic N) is 2. The number of nitrogens with two attached hydrogens (primary N) is 1. The van der Waals surface area contributed by atoms with E-state index in [1.807, 2.05) is 54.6 Å². The average molecular weight is 464 g/mol. The fraction of sp³-hybridized carbons (Fsp3) is 0.269. The number of fused-ring (bicyclic) bond motifs is 1. The molecule has 7 heteroatoms. The van der Waals surface area contributed by atoms with Crippen molar-refractivity contribution in [3.8, 4) is 28.7 Å². The number of likely N-dealkylation sites (tertiary alicyclic amines) is 1. The molecule has 0 unspecified atom stereocenters. The van der Waals surface area contributed by atoms with Crippen LogP contribution >= 0.6 is 11.6 Å². The van der Waals surface area contributed by atoms with Crippen molar-refractivity contribution in [2.75, 3.05) is 26.2 Å². The van der Waals surface area contributed by atoms with Crippen LogP contribution < -0.4 is 15.2 Å². The number of aromatic nitrogens is 1. The normalized spacial score (nSPS) is 16.4. The molecule has 1 fully saturated rings. The van der Waals surface area contributed by atoms with Crippen LogP contribution in [0.25, 0.3) is 22.6 Å². The van der Waals surface area contributed by atoms with Crippen LogP contribution in [0.2, 0.25) is 5.02 Å². The number of oxazole rings is 1. The van der Waals surface area contributed by atoms with Gasteiger partial charge in [-0.15, -0.1) is 0 Å². The van der Waals surface area contributed by atoms with E-state index in [-0.39, 0.29) is 0 Å². The Kier molecular flexibility index (Phi) is 6.48. The number of rotatable bonds is 8. The van der Waals surface area contributed by atoms with Gasteiger partial charge in [-0.3, -0.25) is 0 Å². The molecule has 2 N–H and O–H groups in total. The lowest BCUT2D eigenvalue weighted by Crippen LogP contribution is -2.28. The Bertz CT molecular complexity index is 1230. The van der Waals surface area contributed by atoms with E-state index < -0.39 is 0 Å². The van der Waals surface area contributed by atoms with Crippen LogP contribution in [-0.2, 0) is 0 Å². The maximum Gasteiger partial charge on any atom is 0.227 e. The van der Waals surface area contributed by atoms with E-state index in [9.17, 15) is 0 Å². The van der Waals surface area contributed by atoms with Gasteiger partial charge in [0.05, 0.1) is 6.61 Å². The van der Waals surface area contributed by atoms with Crippen LogP contribution in [0.4, 0.5) is 0 Å². The molecule has 4 aromatic rings.